The van der Waals surface area contributed by atoms with Crippen LogP contribution in [0, 0.1) is 20.8 Å². The zero-order valence-corrected chi connectivity index (χ0v) is 12.8. The molecule has 20 heavy (non-hydrogen) atoms. The Labute approximate surface area is 123 Å². The third-order valence-electron chi connectivity index (χ3n) is 3.24. The normalized spacial score (nSPS) is 10.6. The van der Waals surface area contributed by atoms with Gasteiger partial charge in [-0.25, -0.2) is 4.98 Å². The number of anilines is 1. The minimum absolute atomic E-state index is 0.0924. The zero-order valence-electron chi connectivity index (χ0n) is 12.0. The second-order valence-electron chi connectivity index (χ2n) is 4.88. The Morgan fingerprint density at radius 2 is 1.95 bits per heavy atom. The van der Waals surface area contributed by atoms with E-state index in [1.54, 1.807) is 0 Å². The summed E-state index contributed by atoms with van der Waals surface area (Å²) in [5.74, 6) is -0.0924. The maximum atomic E-state index is 11.5. The van der Waals surface area contributed by atoms with Gasteiger partial charge in [0.2, 0.25) is 5.91 Å². The van der Waals surface area contributed by atoms with Crippen molar-refractivity contribution in [3.8, 4) is 11.3 Å². The number of hydrogen-bond donors (Lipinski definition) is 2. The van der Waals surface area contributed by atoms with Crippen LogP contribution in [0.4, 0.5) is 5.13 Å². The SMILES string of the molecule is Cc1cc(C)c(-c2csc(NC(=O)CCN)n2)cc1C. The molecule has 0 radical (unpaired) electrons. The fourth-order valence-corrected chi connectivity index (χ4v) is 2.73. The van der Waals surface area contributed by atoms with Crippen molar-refractivity contribution in [3.05, 3.63) is 34.2 Å². The van der Waals surface area contributed by atoms with Crippen LogP contribution in [0.3, 0.4) is 0 Å². The molecule has 1 heterocycles. The fourth-order valence-electron chi connectivity index (χ4n) is 2.00. The Morgan fingerprint density at radius 3 is 2.65 bits per heavy atom. The van der Waals surface area contributed by atoms with E-state index in [0.717, 1.165) is 11.3 Å². The van der Waals surface area contributed by atoms with E-state index in [4.69, 9.17) is 5.73 Å². The predicted octanol–water partition coefficient (Wildman–Crippen LogP) is 3.02. The van der Waals surface area contributed by atoms with Crippen LogP contribution in [-0.2, 0) is 4.79 Å². The van der Waals surface area contributed by atoms with Gasteiger partial charge in [-0.2, -0.15) is 0 Å². The molecule has 1 aromatic carbocycles. The quantitative estimate of drug-likeness (QED) is 0.909. The molecule has 0 spiro atoms. The third kappa shape index (κ3) is 3.23. The van der Waals surface area contributed by atoms with Crippen LogP contribution in [0.15, 0.2) is 17.5 Å². The van der Waals surface area contributed by atoms with Crippen molar-refractivity contribution in [1.82, 2.24) is 4.98 Å². The molecule has 1 aromatic heterocycles. The van der Waals surface area contributed by atoms with E-state index in [1.165, 1.54) is 28.0 Å². The molecule has 0 bridgehead atoms. The van der Waals surface area contributed by atoms with Crippen LogP contribution in [-0.4, -0.2) is 17.4 Å². The lowest BCUT2D eigenvalue weighted by molar-refractivity contribution is -0.116. The van der Waals surface area contributed by atoms with Crippen LogP contribution >= 0.6 is 11.3 Å². The van der Waals surface area contributed by atoms with E-state index < -0.39 is 0 Å². The summed E-state index contributed by atoms with van der Waals surface area (Å²) >= 11 is 1.43. The average molecular weight is 289 g/mol. The lowest BCUT2D eigenvalue weighted by atomic mass is 9.99. The zero-order chi connectivity index (χ0) is 14.7. The van der Waals surface area contributed by atoms with Crippen molar-refractivity contribution < 1.29 is 4.79 Å². The molecule has 0 atom stereocenters. The molecule has 0 unspecified atom stereocenters. The lowest BCUT2D eigenvalue weighted by Gasteiger charge is -2.07. The fraction of sp³-hybridized carbons (Fsp3) is 0.333. The first kappa shape index (κ1) is 14.7. The number of aryl methyl sites for hydroxylation is 3. The summed E-state index contributed by atoms with van der Waals surface area (Å²) in [6.45, 7) is 6.62. The van der Waals surface area contributed by atoms with E-state index in [2.05, 4.69) is 43.2 Å². The first-order valence-electron chi connectivity index (χ1n) is 6.55. The minimum Gasteiger partial charge on any atom is -0.330 e. The Bertz CT molecular complexity index is 634. The third-order valence-corrected chi connectivity index (χ3v) is 4.00. The highest BCUT2D eigenvalue weighted by atomic mass is 32.1. The van der Waals surface area contributed by atoms with E-state index in [-0.39, 0.29) is 5.91 Å². The van der Waals surface area contributed by atoms with Gasteiger partial charge >= 0.3 is 0 Å². The molecule has 0 fully saturated rings. The lowest BCUT2D eigenvalue weighted by Crippen LogP contribution is -2.15. The summed E-state index contributed by atoms with van der Waals surface area (Å²) in [4.78, 5) is 16.0. The number of aromatic nitrogens is 1. The van der Waals surface area contributed by atoms with E-state index in [0.29, 0.717) is 18.1 Å². The van der Waals surface area contributed by atoms with Gasteiger partial charge in [-0.1, -0.05) is 6.07 Å². The van der Waals surface area contributed by atoms with Crippen molar-refractivity contribution in [1.29, 1.82) is 0 Å². The summed E-state index contributed by atoms with van der Waals surface area (Å²) in [6, 6.07) is 4.31. The standard InChI is InChI=1S/C15H19N3OS/c1-9-6-11(3)12(7-10(9)2)13-8-20-15(17-13)18-14(19)4-5-16/h6-8H,4-5,16H2,1-3H3,(H,17,18,19). The summed E-state index contributed by atoms with van der Waals surface area (Å²) in [7, 11) is 0. The van der Waals surface area contributed by atoms with Crippen molar-refractivity contribution >= 4 is 22.4 Å². The number of carbonyl (C=O) groups excluding carboxylic acids is 1. The summed E-state index contributed by atoms with van der Waals surface area (Å²) in [6.07, 6.45) is 0.317. The van der Waals surface area contributed by atoms with Gasteiger partial charge in [0.1, 0.15) is 0 Å². The molecule has 2 rings (SSSR count). The molecule has 4 nitrogen and oxygen atoms in total. The molecule has 0 saturated heterocycles. The number of rotatable bonds is 4. The highest BCUT2D eigenvalue weighted by molar-refractivity contribution is 7.14. The summed E-state index contributed by atoms with van der Waals surface area (Å²) in [5, 5.41) is 5.36. The van der Waals surface area contributed by atoms with Gasteiger partial charge in [0.15, 0.2) is 5.13 Å². The van der Waals surface area contributed by atoms with Crippen molar-refractivity contribution in [2.75, 3.05) is 11.9 Å². The first-order valence-corrected chi connectivity index (χ1v) is 7.43. The Balaban J connectivity index is 2.25. The van der Waals surface area contributed by atoms with Gasteiger partial charge in [-0.15, -0.1) is 11.3 Å². The topological polar surface area (TPSA) is 68.0 Å². The van der Waals surface area contributed by atoms with Crippen LogP contribution in [0.5, 0.6) is 0 Å². The van der Waals surface area contributed by atoms with Crippen molar-refractivity contribution in [3.63, 3.8) is 0 Å². The molecule has 106 valence electrons. The van der Waals surface area contributed by atoms with E-state index >= 15 is 0 Å². The molecule has 1 amide bonds. The van der Waals surface area contributed by atoms with Gasteiger partial charge in [0.05, 0.1) is 5.69 Å². The predicted molar refractivity (Wildman–Crippen MR) is 84.1 cm³/mol. The number of benzene rings is 1. The van der Waals surface area contributed by atoms with Gasteiger partial charge in [0, 0.05) is 23.9 Å². The first-order chi connectivity index (χ1) is 9.51. The maximum Gasteiger partial charge on any atom is 0.227 e. The highest BCUT2D eigenvalue weighted by Gasteiger charge is 2.10. The summed E-state index contributed by atoms with van der Waals surface area (Å²) < 4.78 is 0. The maximum absolute atomic E-state index is 11.5. The van der Waals surface area contributed by atoms with Gasteiger partial charge in [0.25, 0.3) is 0 Å². The summed E-state index contributed by atoms with van der Waals surface area (Å²) in [5.41, 5.74) is 11.1. The molecule has 5 heteroatoms. The van der Waals surface area contributed by atoms with Crippen molar-refractivity contribution in [2.45, 2.75) is 27.2 Å². The number of nitrogens with two attached hydrogens (primary N) is 1. The van der Waals surface area contributed by atoms with E-state index in [1.807, 2.05) is 5.38 Å². The molecular weight excluding hydrogens is 270 g/mol. The molecule has 0 aliphatic rings. The molecular formula is C15H19N3OS. The molecule has 3 N–H and O–H groups in total. The van der Waals surface area contributed by atoms with Gasteiger partial charge < -0.3 is 11.1 Å². The molecule has 0 aliphatic heterocycles. The molecule has 0 aliphatic carbocycles. The largest absolute Gasteiger partial charge is 0.330 e. The second-order valence-corrected chi connectivity index (χ2v) is 5.73. The van der Waals surface area contributed by atoms with Crippen molar-refractivity contribution in [2.24, 2.45) is 5.73 Å². The Kier molecular flexibility index (Phi) is 4.52. The number of hydrogen-bond acceptors (Lipinski definition) is 4. The number of amides is 1. The minimum atomic E-state index is -0.0924. The Hall–Kier alpha value is -1.72. The highest BCUT2D eigenvalue weighted by Crippen LogP contribution is 2.29. The van der Waals surface area contributed by atoms with Crippen LogP contribution in [0.2, 0.25) is 0 Å². The number of nitrogens with zero attached hydrogens (tertiary/aromatic N) is 1. The molecule has 0 saturated carbocycles. The van der Waals surface area contributed by atoms with E-state index in [9.17, 15) is 4.79 Å². The smallest absolute Gasteiger partial charge is 0.227 e. The average Bonchev–Trinajstić information content (AvgIpc) is 2.82. The number of thiazole rings is 1. The Morgan fingerprint density at radius 1 is 1.25 bits per heavy atom. The second kappa shape index (κ2) is 6.15. The van der Waals surface area contributed by atoms with Crippen LogP contribution in [0.25, 0.3) is 11.3 Å². The van der Waals surface area contributed by atoms with Gasteiger partial charge in [-0.05, 0) is 43.5 Å². The monoisotopic (exact) mass is 289 g/mol. The van der Waals surface area contributed by atoms with Crippen LogP contribution < -0.4 is 11.1 Å². The van der Waals surface area contributed by atoms with Crippen LogP contribution in [0.1, 0.15) is 23.1 Å². The van der Waals surface area contributed by atoms with Gasteiger partial charge in [-0.3, -0.25) is 4.79 Å². The molecule has 2 aromatic rings. The number of nitrogens with one attached hydrogen (secondary N) is 1. The number of carbonyl (C=O) groups is 1.